The summed E-state index contributed by atoms with van der Waals surface area (Å²) in [7, 11) is 0. The van der Waals surface area contributed by atoms with Crippen LogP contribution in [0.25, 0.3) is 0 Å². The average Bonchev–Trinajstić information content (AvgIpc) is 2.24. The van der Waals surface area contributed by atoms with E-state index in [1.807, 2.05) is 0 Å². The molecule has 0 heterocycles. The van der Waals surface area contributed by atoms with Gasteiger partial charge < -0.3 is 4.74 Å². The van der Waals surface area contributed by atoms with E-state index in [0.717, 1.165) is 18.4 Å². The smallest absolute Gasteiger partial charge is 0.0598 e. The van der Waals surface area contributed by atoms with Gasteiger partial charge in [0.05, 0.1) is 5.60 Å². The number of aryl methyl sites for hydroxylation is 1. The van der Waals surface area contributed by atoms with E-state index in [0.29, 0.717) is 5.92 Å². The van der Waals surface area contributed by atoms with Gasteiger partial charge in [0.15, 0.2) is 0 Å². The fourth-order valence-corrected chi connectivity index (χ4v) is 2.54. The monoisotopic (exact) mass is 298 g/mol. The molecule has 0 aliphatic carbocycles. The van der Waals surface area contributed by atoms with Gasteiger partial charge in [-0.05, 0) is 51.2 Å². The van der Waals surface area contributed by atoms with Crippen LogP contribution >= 0.6 is 15.9 Å². The van der Waals surface area contributed by atoms with Gasteiger partial charge in [-0.3, -0.25) is 0 Å². The van der Waals surface area contributed by atoms with Gasteiger partial charge in [-0.15, -0.1) is 0 Å². The van der Waals surface area contributed by atoms with E-state index in [-0.39, 0.29) is 5.60 Å². The van der Waals surface area contributed by atoms with Crippen LogP contribution in [0.1, 0.15) is 44.2 Å². The zero-order valence-corrected chi connectivity index (χ0v) is 12.9. The van der Waals surface area contributed by atoms with Crippen molar-refractivity contribution < 1.29 is 4.74 Å². The molecule has 0 radical (unpaired) electrons. The predicted molar refractivity (Wildman–Crippen MR) is 78.0 cm³/mol. The Morgan fingerprint density at radius 3 is 2.41 bits per heavy atom. The van der Waals surface area contributed by atoms with Crippen molar-refractivity contribution in [2.45, 2.75) is 45.6 Å². The molecule has 96 valence electrons. The van der Waals surface area contributed by atoms with E-state index in [4.69, 9.17) is 4.74 Å². The number of rotatable bonds is 5. The van der Waals surface area contributed by atoms with E-state index in [2.05, 4.69) is 67.9 Å². The van der Waals surface area contributed by atoms with Crippen LogP contribution < -0.4 is 0 Å². The van der Waals surface area contributed by atoms with Gasteiger partial charge in [-0.1, -0.05) is 40.2 Å². The summed E-state index contributed by atoms with van der Waals surface area (Å²) in [6.45, 7) is 9.29. The van der Waals surface area contributed by atoms with Crippen LogP contribution in [0.15, 0.2) is 24.3 Å². The van der Waals surface area contributed by atoms with Gasteiger partial charge in [-0.25, -0.2) is 0 Å². The zero-order valence-electron chi connectivity index (χ0n) is 11.3. The van der Waals surface area contributed by atoms with Crippen LogP contribution in [-0.4, -0.2) is 17.5 Å². The summed E-state index contributed by atoms with van der Waals surface area (Å²) in [6.07, 6.45) is 1.06. The van der Waals surface area contributed by atoms with E-state index in [1.54, 1.807) is 0 Å². The van der Waals surface area contributed by atoms with E-state index < -0.39 is 0 Å². The Morgan fingerprint density at radius 2 is 1.88 bits per heavy atom. The molecule has 0 aliphatic rings. The minimum atomic E-state index is -0.0391. The van der Waals surface area contributed by atoms with Crippen molar-refractivity contribution in [2.24, 2.45) is 0 Å². The molecule has 0 aliphatic heterocycles. The molecule has 0 amide bonds. The molecule has 17 heavy (non-hydrogen) atoms. The number of ether oxygens (including phenoxy) is 1. The Kier molecular flexibility index (Phi) is 5.68. The summed E-state index contributed by atoms with van der Waals surface area (Å²) in [5.41, 5.74) is 2.76. The van der Waals surface area contributed by atoms with Gasteiger partial charge in [0.1, 0.15) is 0 Å². The summed E-state index contributed by atoms with van der Waals surface area (Å²) in [4.78, 5) is 0. The molecule has 0 bridgehead atoms. The van der Waals surface area contributed by atoms with Crippen molar-refractivity contribution in [3.8, 4) is 0 Å². The molecule has 1 aromatic carbocycles. The first-order valence-corrected chi connectivity index (χ1v) is 7.31. The van der Waals surface area contributed by atoms with Crippen molar-refractivity contribution in [3.63, 3.8) is 0 Å². The van der Waals surface area contributed by atoms with Crippen LogP contribution in [0.2, 0.25) is 0 Å². The highest BCUT2D eigenvalue weighted by Gasteiger charge is 2.15. The lowest BCUT2D eigenvalue weighted by molar-refractivity contribution is -0.00560. The Hall–Kier alpha value is -0.340. The molecule has 0 spiro atoms. The van der Waals surface area contributed by atoms with Crippen molar-refractivity contribution in [1.82, 2.24) is 0 Å². The number of alkyl halides is 1. The van der Waals surface area contributed by atoms with Crippen LogP contribution in [0.3, 0.4) is 0 Å². The van der Waals surface area contributed by atoms with Crippen molar-refractivity contribution >= 4 is 15.9 Å². The number of benzene rings is 1. The first kappa shape index (κ1) is 14.7. The molecule has 1 atom stereocenters. The molecule has 1 nitrogen and oxygen atoms in total. The lowest BCUT2D eigenvalue weighted by Crippen LogP contribution is -2.21. The van der Waals surface area contributed by atoms with Crippen molar-refractivity contribution in [1.29, 1.82) is 0 Å². The largest absolute Gasteiger partial charge is 0.376 e. The first-order chi connectivity index (χ1) is 7.94. The summed E-state index contributed by atoms with van der Waals surface area (Å²) < 4.78 is 5.80. The second-order valence-electron chi connectivity index (χ2n) is 5.46. The van der Waals surface area contributed by atoms with Crippen molar-refractivity contribution in [2.75, 3.05) is 11.9 Å². The van der Waals surface area contributed by atoms with Gasteiger partial charge in [0.25, 0.3) is 0 Å². The third-order valence-corrected chi connectivity index (χ3v) is 3.60. The second-order valence-corrected chi connectivity index (χ2v) is 6.10. The summed E-state index contributed by atoms with van der Waals surface area (Å²) in [5, 5.41) is 0.991. The molecular formula is C15H23BrO. The Bertz CT molecular complexity index is 341. The summed E-state index contributed by atoms with van der Waals surface area (Å²) in [5.74, 6) is 0.540. The minimum Gasteiger partial charge on any atom is -0.376 e. The molecular weight excluding hydrogens is 276 g/mol. The lowest BCUT2D eigenvalue weighted by atomic mass is 9.94. The maximum Gasteiger partial charge on any atom is 0.0598 e. The van der Waals surface area contributed by atoms with Gasteiger partial charge in [-0.2, -0.15) is 0 Å². The van der Waals surface area contributed by atoms with Gasteiger partial charge in [0, 0.05) is 11.9 Å². The predicted octanol–water partition coefficient (Wildman–Crippen LogP) is 4.68. The van der Waals surface area contributed by atoms with E-state index in [1.165, 1.54) is 11.1 Å². The van der Waals surface area contributed by atoms with Gasteiger partial charge >= 0.3 is 0 Å². The summed E-state index contributed by atoms with van der Waals surface area (Å²) >= 11 is 3.61. The van der Waals surface area contributed by atoms with Crippen LogP contribution in [-0.2, 0) is 4.74 Å². The first-order valence-electron chi connectivity index (χ1n) is 6.19. The Labute approximate surface area is 114 Å². The third kappa shape index (κ3) is 5.22. The van der Waals surface area contributed by atoms with Crippen LogP contribution in [0.4, 0.5) is 0 Å². The number of hydrogen-bond donors (Lipinski definition) is 0. The topological polar surface area (TPSA) is 9.23 Å². The van der Waals surface area contributed by atoms with E-state index in [9.17, 15) is 0 Å². The molecule has 1 unspecified atom stereocenters. The molecule has 0 fully saturated rings. The maximum atomic E-state index is 5.80. The fourth-order valence-electron chi connectivity index (χ4n) is 1.87. The average molecular weight is 299 g/mol. The minimum absolute atomic E-state index is 0.0391. The second kappa shape index (κ2) is 6.55. The molecule has 1 rings (SSSR count). The number of halogens is 1. The maximum absolute atomic E-state index is 5.80. The van der Waals surface area contributed by atoms with Gasteiger partial charge in [0.2, 0.25) is 0 Å². The molecule has 1 aromatic rings. The number of hydrogen-bond acceptors (Lipinski definition) is 1. The molecule has 2 heteroatoms. The highest BCUT2D eigenvalue weighted by atomic mass is 79.9. The fraction of sp³-hybridized carbons (Fsp3) is 0.600. The molecule has 0 aromatic heterocycles. The normalized spacial score (nSPS) is 13.7. The van der Waals surface area contributed by atoms with Crippen molar-refractivity contribution in [3.05, 3.63) is 35.4 Å². The summed E-state index contributed by atoms with van der Waals surface area (Å²) in [6, 6.07) is 8.60. The third-order valence-electron chi connectivity index (χ3n) is 2.82. The quantitative estimate of drug-likeness (QED) is 0.717. The van der Waals surface area contributed by atoms with Crippen LogP contribution in [0, 0.1) is 6.92 Å². The molecule has 0 saturated carbocycles. The Balaban J connectivity index is 2.58. The molecule has 0 saturated heterocycles. The highest BCUT2D eigenvalue weighted by Crippen LogP contribution is 2.25. The standard InChI is InChI=1S/C15H23BrO/c1-12-7-5-6-8-14(12)13(11-16)9-10-17-15(2,3)4/h5-8,13H,9-11H2,1-4H3. The SMILES string of the molecule is Cc1ccccc1C(CBr)CCOC(C)(C)C. The van der Waals surface area contributed by atoms with E-state index >= 15 is 0 Å². The highest BCUT2D eigenvalue weighted by molar-refractivity contribution is 9.09. The molecule has 0 N–H and O–H groups in total. The zero-order chi connectivity index (χ0) is 12.9. The van der Waals surface area contributed by atoms with Crippen LogP contribution in [0.5, 0.6) is 0 Å². The Morgan fingerprint density at radius 1 is 1.24 bits per heavy atom. The lowest BCUT2D eigenvalue weighted by Gasteiger charge is -2.22.